The summed E-state index contributed by atoms with van der Waals surface area (Å²) in [4.78, 5) is 8.60. The fourth-order valence-corrected chi connectivity index (χ4v) is 1.55. The molecule has 5 heteroatoms. The van der Waals surface area contributed by atoms with E-state index in [4.69, 9.17) is 10.3 Å². The normalized spacial score (nSPS) is 13.6. The van der Waals surface area contributed by atoms with Gasteiger partial charge in [-0.15, -0.1) is 0 Å². The molecule has 2 N–H and O–H groups in total. The van der Waals surface area contributed by atoms with Crippen molar-refractivity contribution in [2.24, 2.45) is 11.1 Å². The van der Waals surface area contributed by atoms with E-state index < -0.39 is 0 Å². The Morgan fingerprint density at radius 1 is 1.33 bits per heavy atom. The molecule has 0 saturated carbocycles. The molecule has 0 aliphatic rings. The summed E-state index contributed by atoms with van der Waals surface area (Å²) < 4.78 is 5.24. The van der Waals surface area contributed by atoms with E-state index in [-0.39, 0.29) is 11.5 Å². The summed E-state index contributed by atoms with van der Waals surface area (Å²) >= 11 is 0. The van der Waals surface area contributed by atoms with Crippen LogP contribution in [0.1, 0.15) is 38.3 Å². The topological polar surface area (TPSA) is 77.8 Å². The van der Waals surface area contributed by atoms with Crippen LogP contribution in [0.2, 0.25) is 0 Å². The number of aryl methyl sites for hydroxylation is 1. The average molecular weight is 246 g/mol. The largest absolute Gasteiger partial charge is 0.337 e. The highest BCUT2D eigenvalue weighted by Crippen LogP contribution is 2.30. The van der Waals surface area contributed by atoms with Crippen LogP contribution in [0.15, 0.2) is 22.9 Å². The van der Waals surface area contributed by atoms with Crippen LogP contribution in [-0.4, -0.2) is 15.1 Å². The van der Waals surface area contributed by atoms with E-state index in [9.17, 15) is 0 Å². The Balaban J connectivity index is 2.35. The Bertz CT molecular complexity index is 542. The van der Waals surface area contributed by atoms with Gasteiger partial charge in [0.1, 0.15) is 5.69 Å². The molecule has 0 radical (unpaired) electrons. The van der Waals surface area contributed by atoms with E-state index in [2.05, 4.69) is 15.1 Å². The first-order valence-electron chi connectivity index (χ1n) is 5.91. The molecular formula is C13H18N4O. The number of aromatic nitrogens is 3. The Labute approximate surface area is 106 Å². The molecule has 0 spiro atoms. The van der Waals surface area contributed by atoms with Crippen molar-refractivity contribution in [2.45, 2.75) is 33.7 Å². The zero-order valence-corrected chi connectivity index (χ0v) is 11.1. The summed E-state index contributed by atoms with van der Waals surface area (Å²) in [6.45, 7) is 8.07. The maximum Gasteiger partial charge on any atom is 0.244 e. The van der Waals surface area contributed by atoms with Crippen LogP contribution >= 0.6 is 0 Å². The van der Waals surface area contributed by atoms with Crippen LogP contribution in [0.4, 0.5) is 0 Å². The lowest BCUT2D eigenvalue weighted by atomic mass is 9.87. The zero-order valence-electron chi connectivity index (χ0n) is 11.1. The van der Waals surface area contributed by atoms with Gasteiger partial charge < -0.3 is 10.3 Å². The van der Waals surface area contributed by atoms with Gasteiger partial charge in [-0.25, -0.2) is 0 Å². The van der Waals surface area contributed by atoms with Gasteiger partial charge in [-0.05, 0) is 24.0 Å². The third-order valence-corrected chi connectivity index (χ3v) is 2.86. The van der Waals surface area contributed by atoms with E-state index in [1.807, 2.05) is 39.8 Å². The van der Waals surface area contributed by atoms with E-state index in [1.54, 1.807) is 6.20 Å². The second-order valence-electron chi connectivity index (χ2n) is 5.47. The van der Waals surface area contributed by atoms with Gasteiger partial charge in [-0.2, -0.15) is 4.98 Å². The molecule has 0 aromatic carbocycles. The van der Waals surface area contributed by atoms with Crippen LogP contribution < -0.4 is 5.73 Å². The van der Waals surface area contributed by atoms with Crippen LogP contribution in [0.25, 0.3) is 11.5 Å². The van der Waals surface area contributed by atoms with Gasteiger partial charge in [0.15, 0.2) is 0 Å². The van der Waals surface area contributed by atoms with Crippen LogP contribution in [0, 0.1) is 12.3 Å². The summed E-state index contributed by atoms with van der Waals surface area (Å²) in [6, 6.07) is 3.55. The van der Waals surface area contributed by atoms with Gasteiger partial charge in [0.05, 0.1) is 6.04 Å². The highest BCUT2D eigenvalue weighted by molar-refractivity contribution is 5.53. The molecule has 0 amide bonds. The first kappa shape index (κ1) is 12.7. The smallest absolute Gasteiger partial charge is 0.244 e. The van der Waals surface area contributed by atoms with Crippen molar-refractivity contribution in [3.05, 3.63) is 29.8 Å². The maximum atomic E-state index is 6.08. The Morgan fingerprint density at radius 3 is 2.67 bits per heavy atom. The lowest BCUT2D eigenvalue weighted by molar-refractivity contribution is 0.253. The first-order chi connectivity index (χ1) is 8.39. The van der Waals surface area contributed by atoms with Gasteiger partial charge >= 0.3 is 0 Å². The van der Waals surface area contributed by atoms with Crippen LogP contribution in [-0.2, 0) is 0 Å². The second-order valence-corrected chi connectivity index (χ2v) is 5.47. The molecule has 0 aliphatic carbocycles. The average Bonchev–Trinajstić information content (AvgIpc) is 2.76. The summed E-state index contributed by atoms with van der Waals surface area (Å²) in [5.74, 6) is 0.936. The highest BCUT2D eigenvalue weighted by Gasteiger charge is 2.28. The minimum Gasteiger partial charge on any atom is -0.337 e. The minimum absolute atomic E-state index is 0.122. The predicted molar refractivity (Wildman–Crippen MR) is 68.6 cm³/mol. The van der Waals surface area contributed by atoms with Crippen molar-refractivity contribution in [2.75, 3.05) is 0 Å². The molecule has 2 heterocycles. The molecule has 0 unspecified atom stereocenters. The molecule has 2 rings (SSSR count). The second kappa shape index (κ2) is 4.49. The highest BCUT2D eigenvalue weighted by atomic mass is 16.5. The van der Waals surface area contributed by atoms with Crippen molar-refractivity contribution in [1.82, 2.24) is 15.1 Å². The SMILES string of the molecule is Cc1cccnc1-c1noc([C@H](N)C(C)(C)C)n1. The molecule has 2 aromatic rings. The van der Waals surface area contributed by atoms with Crippen molar-refractivity contribution in [3.8, 4) is 11.5 Å². The van der Waals surface area contributed by atoms with E-state index in [1.165, 1.54) is 0 Å². The molecular weight excluding hydrogens is 228 g/mol. The van der Waals surface area contributed by atoms with Crippen LogP contribution in [0.5, 0.6) is 0 Å². The summed E-state index contributed by atoms with van der Waals surface area (Å²) in [7, 11) is 0. The van der Waals surface area contributed by atoms with E-state index in [0.717, 1.165) is 11.3 Å². The Hall–Kier alpha value is -1.75. The number of nitrogens with zero attached hydrogens (tertiary/aromatic N) is 3. The number of pyridine rings is 1. The molecule has 0 aliphatic heterocycles. The Morgan fingerprint density at radius 2 is 2.06 bits per heavy atom. The molecule has 2 aromatic heterocycles. The molecule has 1 atom stereocenters. The molecule has 0 bridgehead atoms. The molecule has 96 valence electrons. The Kier molecular flexibility index (Phi) is 3.17. The van der Waals surface area contributed by atoms with Crippen LogP contribution in [0.3, 0.4) is 0 Å². The maximum absolute atomic E-state index is 6.08. The van der Waals surface area contributed by atoms with Crippen molar-refractivity contribution >= 4 is 0 Å². The monoisotopic (exact) mass is 246 g/mol. The van der Waals surface area contributed by atoms with Crippen molar-refractivity contribution in [1.29, 1.82) is 0 Å². The lowest BCUT2D eigenvalue weighted by Crippen LogP contribution is -2.26. The fraction of sp³-hybridized carbons (Fsp3) is 0.462. The van der Waals surface area contributed by atoms with E-state index in [0.29, 0.717) is 11.7 Å². The van der Waals surface area contributed by atoms with E-state index >= 15 is 0 Å². The third kappa shape index (κ3) is 2.41. The summed E-state index contributed by atoms with van der Waals surface area (Å²) in [5.41, 5.74) is 7.70. The fourth-order valence-electron chi connectivity index (χ4n) is 1.55. The van der Waals surface area contributed by atoms with Gasteiger partial charge in [0.25, 0.3) is 0 Å². The molecule has 5 nitrogen and oxygen atoms in total. The number of hydrogen-bond donors (Lipinski definition) is 1. The van der Waals surface area contributed by atoms with Gasteiger partial charge in [-0.3, -0.25) is 4.98 Å². The number of hydrogen-bond acceptors (Lipinski definition) is 5. The molecule has 0 fully saturated rings. The first-order valence-corrected chi connectivity index (χ1v) is 5.91. The zero-order chi connectivity index (χ0) is 13.3. The van der Waals surface area contributed by atoms with Gasteiger partial charge in [0.2, 0.25) is 11.7 Å². The minimum atomic E-state index is -0.289. The number of rotatable bonds is 2. The van der Waals surface area contributed by atoms with Crippen molar-refractivity contribution < 1.29 is 4.52 Å². The quantitative estimate of drug-likeness (QED) is 0.880. The summed E-state index contributed by atoms with van der Waals surface area (Å²) in [5, 5.41) is 3.95. The van der Waals surface area contributed by atoms with Gasteiger partial charge in [0, 0.05) is 6.20 Å². The summed E-state index contributed by atoms with van der Waals surface area (Å²) in [6.07, 6.45) is 1.71. The molecule has 0 saturated heterocycles. The van der Waals surface area contributed by atoms with Gasteiger partial charge in [-0.1, -0.05) is 32.0 Å². The third-order valence-electron chi connectivity index (χ3n) is 2.86. The standard InChI is InChI=1S/C13H18N4O/c1-8-6-5-7-15-9(8)11-16-12(18-17-11)10(14)13(2,3)4/h5-7,10H,14H2,1-4H3/t10-/m0/s1. The molecule has 18 heavy (non-hydrogen) atoms. The lowest BCUT2D eigenvalue weighted by Gasteiger charge is -2.23. The van der Waals surface area contributed by atoms with Crippen molar-refractivity contribution in [3.63, 3.8) is 0 Å². The number of nitrogens with two attached hydrogens (primary N) is 1. The predicted octanol–water partition coefficient (Wildman–Crippen LogP) is 2.49.